The summed E-state index contributed by atoms with van der Waals surface area (Å²) >= 11 is 1.84. The van der Waals surface area contributed by atoms with Gasteiger partial charge in [-0.2, -0.15) is 0 Å². The molecule has 1 aromatic heterocycles. The number of rotatable bonds is 6. The molecule has 20 heavy (non-hydrogen) atoms. The smallest absolute Gasteiger partial charge is 0.237 e. The molecule has 1 heterocycles. The molecule has 2 unspecified atom stereocenters. The second kappa shape index (κ2) is 7.23. The van der Waals surface area contributed by atoms with Crippen LogP contribution in [0.4, 0.5) is 0 Å². The Morgan fingerprint density at radius 3 is 2.65 bits per heavy atom. The number of hydrogen-bond acceptors (Lipinski definition) is 3. The Labute approximate surface area is 126 Å². The third kappa shape index (κ3) is 4.60. The molecular formula is C16H26N2OS. The number of carbonyl (C=O) groups is 1. The quantitative estimate of drug-likeness (QED) is 0.847. The fourth-order valence-electron chi connectivity index (χ4n) is 2.85. The lowest BCUT2D eigenvalue weighted by Gasteiger charge is -2.21. The van der Waals surface area contributed by atoms with Gasteiger partial charge >= 0.3 is 0 Å². The summed E-state index contributed by atoms with van der Waals surface area (Å²) in [7, 11) is 0. The van der Waals surface area contributed by atoms with Crippen molar-refractivity contribution in [2.45, 2.75) is 71.0 Å². The molecule has 2 atom stereocenters. The van der Waals surface area contributed by atoms with Crippen LogP contribution in [0.1, 0.15) is 49.3 Å². The van der Waals surface area contributed by atoms with Crippen LogP contribution in [0.15, 0.2) is 12.1 Å². The van der Waals surface area contributed by atoms with Gasteiger partial charge in [0.1, 0.15) is 0 Å². The average molecular weight is 294 g/mol. The summed E-state index contributed by atoms with van der Waals surface area (Å²) in [6.07, 6.45) is 5.77. The number of thiophene rings is 1. The zero-order chi connectivity index (χ0) is 14.5. The fourth-order valence-corrected chi connectivity index (χ4v) is 3.87. The van der Waals surface area contributed by atoms with Crippen molar-refractivity contribution in [2.75, 3.05) is 0 Å². The first-order chi connectivity index (χ1) is 9.54. The van der Waals surface area contributed by atoms with Gasteiger partial charge in [0.15, 0.2) is 0 Å². The maximum Gasteiger partial charge on any atom is 0.237 e. The van der Waals surface area contributed by atoms with Crippen LogP contribution in [-0.4, -0.2) is 24.0 Å². The highest BCUT2D eigenvalue weighted by Gasteiger charge is 2.21. The van der Waals surface area contributed by atoms with Gasteiger partial charge in [-0.25, -0.2) is 0 Å². The molecule has 0 aliphatic heterocycles. The Morgan fingerprint density at radius 1 is 1.35 bits per heavy atom. The number of amides is 1. The normalized spacial score (nSPS) is 18.9. The minimum Gasteiger partial charge on any atom is -0.352 e. The second-order valence-electron chi connectivity index (χ2n) is 6.00. The molecule has 1 fully saturated rings. The first-order valence-electron chi connectivity index (χ1n) is 7.66. The van der Waals surface area contributed by atoms with Crippen molar-refractivity contribution < 1.29 is 4.79 Å². The van der Waals surface area contributed by atoms with Crippen LogP contribution in [0, 0.1) is 6.92 Å². The molecule has 1 aliphatic carbocycles. The second-order valence-corrected chi connectivity index (χ2v) is 7.37. The lowest BCUT2D eigenvalue weighted by atomic mass is 10.1. The molecule has 1 amide bonds. The third-order valence-corrected chi connectivity index (χ3v) is 4.96. The van der Waals surface area contributed by atoms with Crippen molar-refractivity contribution in [3.05, 3.63) is 21.9 Å². The van der Waals surface area contributed by atoms with Gasteiger partial charge in [0.2, 0.25) is 5.91 Å². The molecule has 1 saturated carbocycles. The molecule has 2 N–H and O–H groups in total. The van der Waals surface area contributed by atoms with Crippen LogP contribution in [0.5, 0.6) is 0 Å². The van der Waals surface area contributed by atoms with E-state index in [0.29, 0.717) is 12.1 Å². The van der Waals surface area contributed by atoms with E-state index >= 15 is 0 Å². The largest absolute Gasteiger partial charge is 0.352 e. The average Bonchev–Trinajstić information content (AvgIpc) is 3.01. The van der Waals surface area contributed by atoms with Gasteiger partial charge in [-0.05, 0) is 52.2 Å². The van der Waals surface area contributed by atoms with Gasteiger partial charge in [-0.3, -0.25) is 4.79 Å². The van der Waals surface area contributed by atoms with E-state index in [0.717, 1.165) is 19.3 Å². The summed E-state index contributed by atoms with van der Waals surface area (Å²) in [4.78, 5) is 14.8. The van der Waals surface area contributed by atoms with Gasteiger partial charge in [0, 0.05) is 21.8 Å². The SMILES string of the molecule is Cc1ccc(CC(C)NC(C)C(=O)NC2CCCC2)s1. The van der Waals surface area contributed by atoms with Crippen molar-refractivity contribution in [3.63, 3.8) is 0 Å². The van der Waals surface area contributed by atoms with Crippen molar-refractivity contribution in [2.24, 2.45) is 0 Å². The van der Waals surface area contributed by atoms with Crippen LogP contribution in [-0.2, 0) is 11.2 Å². The minimum absolute atomic E-state index is 0.119. The highest BCUT2D eigenvalue weighted by molar-refractivity contribution is 7.11. The van der Waals surface area contributed by atoms with Gasteiger partial charge in [-0.15, -0.1) is 11.3 Å². The van der Waals surface area contributed by atoms with Crippen LogP contribution in [0.25, 0.3) is 0 Å². The Bertz CT molecular complexity index is 437. The van der Waals surface area contributed by atoms with E-state index in [9.17, 15) is 4.79 Å². The van der Waals surface area contributed by atoms with Crippen LogP contribution < -0.4 is 10.6 Å². The third-order valence-electron chi connectivity index (χ3n) is 3.93. The van der Waals surface area contributed by atoms with Crippen molar-refractivity contribution in [1.82, 2.24) is 10.6 Å². The van der Waals surface area contributed by atoms with Crippen LogP contribution in [0.3, 0.4) is 0 Å². The summed E-state index contributed by atoms with van der Waals surface area (Å²) < 4.78 is 0. The Hall–Kier alpha value is -0.870. The molecule has 0 spiro atoms. The van der Waals surface area contributed by atoms with E-state index in [1.807, 2.05) is 18.3 Å². The zero-order valence-electron chi connectivity index (χ0n) is 12.7. The molecule has 0 aromatic carbocycles. The summed E-state index contributed by atoms with van der Waals surface area (Å²) in [6, 6.07) is 4.94. The number of carbonyl (C=O) groups excluding carboxylic acids is 1. The van der Waals surface area contributed by atoms with Crippen LogP contribution >= 0.6 is 11.3 Å². The minimum atomic E-state index is -0.119. The standard InChI is InChI=1S/C16H26N2OS/c1-11(10-15-9-8-12(2)20-15)17-13(3)16(19)18-14-6-4-5-7-14/h8-9,11,13-14,17H,4-7,10H2,1-3H3,(H,18,19). The molecule has 4 heteroatoms. The predicted molar refractivity (Wildman–Crippen MR) is 85.2 cm³/mol. The highest BCUT2D eigenvalue weighted by atomic mass is 32.1. The van der Waals surface area contributed by atoms with Gasteiger partial charge in [-0.1, -0.05) is 12.8 Å². The molecule has 2 rings (SSSR count). The fraction of sp³-hybridized carbons (Fsp3) is 0.688. The zero-order valence-corrected chi connectivity index (χ0v) is 13.6. The van der Waals surface area contributed by atoms with E-state index in [2.05, 4.69) is 36.6 Å². The number of hydrogen-bond donors (Lipinski definition) is 2. The Kier molecular flexibility index (Phi) is 5.61. The topological polar surface area (TPSA) is 41.1 Å². The molecule has 0 saturated heterocycles. The first kappa shape index (κ1) is 15.5. The van der Waals surface area contributed by atoms with Crippen molar-refractivity contribution in [3.8, 4) is 0 Å². The summed E-state index contributed by atoms with van der Waals surface area (Å²) in [5.74, 6) is 0.145. The van der Waals surface area contributed by atoms with E-state index in [4.69, 9.17) is 0 Å². The maximum absolute atomic E-state index is 12.1. The summed E-state index contributed by atoms with van der Waals surface area (Å²) in [5.41, 5.74) is 0. The lowest BCUT2D eigenvalue weighted by molar-refractivity contribution is -0.123. The molecule has 0 bridgehead atoms. The Balaban J connectivity index is 1.74. The van der Waals surface area contributed by atoms with E-state index in [1.165, 1.54) is 22.6 Å². The molecule has 0 radical (unpaired) electrons. The van der Waals surface area contributed by atoms with Crippen molar-refractivity contribution >= 4 is 17.2 Å². The van der Waals surface area contributed by atoms with Gasteiger partial charge < -0.3 is 10.6 Å². The van der Waals surface area contributed by atoms with Crippen molar-refractivity contribution in [1.29, 1.82) is 0 Å². The van der Waals surface area contributed by atoms with Gasteiger partial charge in [0.25, 0.3) is 0 Å². The lowest BCUT2D eigenvalue weighted by Crippen LogP contribution is -2.48. The Morgan fingerprint density at radius 2 is 2.05 bits per heavy atom. The van der Waals surface area contributed by atoms with E-state index in [1.54, 1.807) is 0 Å². The van der Waals surface area contributed by atoms with Crippen LogP contribution in [0.2, 0.25) is 0 Å². The molecule has 1 aliphatic rings. The summed E-state index contributed by atoms with van der Waals surface area (Å²) in [5, 5.41) is 6.56. The summed E-state index contributed by atoms with van der Waals surface area (Å²) in [6.45, 7) is 6.23. The maximum atomic E-state index is 12.1. The molecule has 1 aromatic rings. The highest BCUT2D eigenvalue weighted by Crippen LogP contribution is 2.18. The molecule has 3 nitrogen and oxygen atoms in total. The molecular weight excluding hydrogens is 268 g/mol. The monoisotopic (exact) mass is 294 g/mol. The molecule has 112 valence electrons. The van der Waals surface area contributed by atoms with E-state index < -0.39 is 0 Å². The number of nitrogens with one attached hydrogen (secondary N) is 2. The predicted octanol–water partition coefficient (Wildman–Crippen LogP) is 3.02. The van der Waals surface area contributed by atoms with E-state index in [-0.39, 0.29) is 11.9 Å². The van der Waals surface area contributed by atoms with Gasteiger partial charge in [0.05, 0.1) is 6.04 Å². The number of aryl methyl sites for hydroxylation is 1. The first-order valence-corrected chi connectivity index (χ1v) is 8.48.